The summed E-state index contributed by atoms with van der Waals surface area (Å²) in [5.41, 5.74) is 10.8. The number of rotatable bonds is 26. The molecule has 3 aliphatic carbocycles. The molecule has 7 rings (SSSR count). The van der Waals surface area contributed by atoms with Crippen LogP contribution < -0.4 is 31.9 Å². The molecule has 0 aliphatic heterocycles. The summed E-state index contributed by atoms with van der Waals surface area (Å²) in [6.07, 6.45) is 13.0. The molecule has 4 aromatic carbocycles. The average molecular weight is 1040 g/mol. The van der Waals surface area contributed by atoms with Crippen molar-refractivity contribution in [2.24, 2.45) is 0 Å². The van der Waals surface area contributed by atoms with Gasteiger partial charge >= 0.3 is 0 Å². The molecule has 0 heterocycles. The Bertz CT molecular complexity index is 2830. The van der Waals surface area contributed by atoms with Gasteiger partial charge in [0.2, 0.25) is 23.4 Å². The fraction of sp³-hybridized carbons (Fsp3) is 0.310. The van der Waals surface area contributed by atoms with Gasteiger partial charge < -0.3 is 31.9 Å². The van der Waals surface area contributed by atoms with Crippen molar-refractivity contribution in [1.29, 1.82) is 0 Å². The number of fused-ring (bicyclic) bond motifs is 2. The van der Waals surface area contributed by atoms with Gasteiger partial charge in [0.15, 0.2) is 0 Å². The van der Waals surface area contributed by atoms with Gasteiger partial charge in [-0.1, -0.05) is 36.4 Å². The molecule has 0 spiro atoms. The second-order valence-corrected chi connectivity index (χ2v) is 21.2. The quantitative estimate of drug-likeness (QED) is 0.0271. The Labute approximate surface area is 437 Å². The average Bonchev–Trinajstić information content (AvgIpc) is 3.77. The van der Waals surface area contributed by atoms with Crippen LogP contribution in [0.4, 0.5) is 8.78 Å². The minimum absolute atomic E-state index is 0.119. The molecule has 0 fully saturated rings. The second kappa shape index (κ2) is 26.5. The number of hydrogen-bond acceptors (Lipinski definition) is 10. The van der Waals surface area contributed by atoms with Crippen LogP contribution in [0.5, 0.6) is 0 Å². The molecule has 388 valence electrons. The number of amides is 2. The molecular formula is C58H64F2N6O6S2. The molecule has 0 aromatic heterocycles. The van der Waals surface area contributed by atoms with Crippen LogP contribution >= 0.6 is 0 Å². The summed E-state index contributed by atoms with van der Waals surface area (Å²) in [5.74, 6) is -1.57. The van der Waals surface area contributed by atoms with E-state index in [9.17, 15) is 36.4 Å². The van der Waals surface area contributed by atoms with Gasteiger partial charge in [-0.05, 0) is 193 Å². The summed E-state index contributed by atoms with van der Waals surface area (Å²) in [6.45, 7) is 8.50. The predicted octanol–water partition coefficient (Wildman–Crippen LogP) is 7.65. The van der Waals surface area contributed by atoms with E-state index in [1.807, 2.05) is 74.5 Å². The number of carbonyl (C=O) groups is 4. The number of hydrogen-bond donors (Lipinski definition) is 6. The first kappa shape index (κ1) is 55.0. The Balaban J connectivity index is 0.724. The monoisotopic (exact) mass is 1040 g/mol. The lowest BCUT2D eigenvalue weighted by Gasteiger charge is -2.15. The molecule has 4 aromatic rings. The Morgan fingerprint density at radius 1 is 0.500 bits per heavy atom. The zero-order valence-corrected chi connectivity index (χ0v) is 43.9. The van der Waals surface area contributed by atoms with Crippen LogP contribution in [0.25, 0.3) is 34.4 Å². The zero-order chi connectivity index (χ0) is 52.7. The van der Waals surface area contributed by atoms with Crippen molar-refractivity contribution in [3.05, 3.63) is 165 Å². The van der Waals surface area contributed by atoms with E-state index in [0.29, 0.717) is 89.2 Å². The minimum atomic E-state index is -1.08. The van der Waals surface area contributed by atoms with Gasteiger partial charge in [0.05, 0.1) is 24.2 Å². The third-order valence-corrected chi connectivity index (χ3v) is 15.0. The van der Waals surface area contributed by atoms with E-state index in [1.165, 1.54) is 36.4 Å². The van der Waals surface area contributed by atoms with Crippen molar-refractivity contribution >= 4 is 79.4 Å². The summed E-state index contributed by atoms with van der Waals surface area (Å²) in [4.78, 5) is 53.1. The summed E-state index contributed by atoms with van der Waals surface area (Å²) in [6, 6.07) is 24.2. The maximum Gasteiger partial charge on any atom is 0.224 e. The van der Waals surface area contributed by atoms with Crippen LogP contribution in [0.2, 0.25) is 0 Å². The van der Waals surface area contributed by atoms with Gasteiger partial charge in [0, 0.05) is 82.2 Å². The topological polar surface area (TPSA) is 175 Å². The van der Waals surface area contributed by atoms with Crippen molar-refractivity contribution in [3.8, 4) is 0 Å². The van der Waals surface area contributed by atoms with Crippen molar-refractivity contribution in [2.75, 3.05) is 64.9 Å². The largest absolute Gasteiger partial charge is 0.382 e. The van der Waals surface area contributed by atoms with Crippen molar-refractivity contribution < 1.29 is 36.4 Å². The van der Waals surface area contributed by atoms with Crippen LogP contribution in [-0.2, 0) is 40.8 Å². The molecule has 0 radical (unpaired) electrons. The second-order valence-electron chi connectivity index (χ2n) is 18.4. The normalized spacial score (nSPS) is 16.0. The number of halogens is 2. The maximum absolute atomic E-state index is 14.4. The molecule has 12 nitrogen and oxygen atoms in total. The first-order valence-electron chi connectivity index (χ1n) is 24.9. The Morgan fingerprint density at radius 2 is 0.865 bits per heavy atom. The molecule has 74 heavy (non-hydrogen) atoms. The van der Waals surface area contributed by atoms with E-state index in [0.717, 1.165) is 65.5 Å². The molecule has 0 bridgehead atoms. The highest BCUT2D eigenvalue weighted by atomic mass is 32.2. The van der Waals surface area contributed by atoms with Crippen molar-refractivity contribution in [3.63, 3.8) is 0 Å². The fourth-order valence-corrected chi connectivity index (χ4v) is 10.1. The molecule has 2 atom stereocenters. The van der Waals surface area contributed by atoms with Crippen LogP contribution in [0, 0.1) is 11.6 Å². The lowest BCUT2D eigenvalue weighted by Crippen LogP contribution is -2.32. The van der Waals surface area contributed by atoms with E-state index in [2.05, 4.69) is 31.9 Å². The Hall–Kier alpha value is -6.72. The molecular weight excluding hydrogens is 979 g/mol. The van der Waals surface area contributed by atoms with Gasteiger partial charge in [-0.2, -0.15) is 0 Å². The highest BCUT2D eigenvalue weighted by molar-refractivity contribution is 7.84. The van der Waals surface area contributed by atoms with Gasteiger partial charge in [-0.15, -0.1) is 0 Å². The summed E-state index contributed by atoms with van der Waals surface area (Å²) in [5, 5.41) is 18.8. The van der Waals surface area contributed by atoms with Gasteiger partial charge in [0.25, 0.3) is 0 Å². The van der Waals surface area contributed by atoms with E-state index in [-0.39, 0.29) is 59.3 Å². The first-order valence-corrected chi connectivity index (χ1v) is 28.0. The van der Waals surface area contributed by atoms with Crippen molar-refractivity contribution in [2.45, 2.75) is 62.2 Å². The van der Waals surface area contributed by atoms with E-state index < -0.39 is 21.6 Å². The molecule has 16 heteroatoms. The van der Waals surface area contributed by atoms with Gasteiger partial charge in [-0.25, -0.2) is 8.78 Å². The lowest BCUT2D eigenvalue weighted by molar-refractivity contribution is -0.120. The molecule has 0 saturated heterocycles. The number of carbonyl (C=O) groups excluding carboxylic acids is 4. The van der Waals surface area contributed by atoms with Gasteiger partial charge in [-0.3, -0.25) is 27.6 Å². The maximum atomic E-state index is 14.4. The number of allylic oxidation sites excluding steroid dienone is 6. The standard InChI is InChI=1S/C58H64F2N6O6S2/c1-37-47(29-39-9-15-43(16-10-39)73(3)71)45-19-13-41(59)31-51(45)49(37)33-57(69)65-27-7-23-61-21-5-25-63-53-35-56(68)54(36-55(53)67)64-26-6-22-62-24-8-28-66-58(70)34-50-38(2)48(46-20-14-42(60)32-52(46)50)30-40-11-17-44(18-12-40)74(4)72/h9-20,29-32,35-36,61-64H,5-8,21-28,33-34H2,1-4H3,(H,65,69)(H,66,70)/b47-29+,48-30+. The lowest BCUT2D eigenvalue weighted by atomic mass is 10.0. The summed E-state index contributed by atoms with van der Waals surface area (Å²) >= 11 is 0. The summed E-state index contributed by atoms with van der Waals surface area (Å²) in [7, 11) is -2.16. The number of benzene rings is 4. The Morgan fingerprint density at radius 3 is 1.23 bits per heavy atom. The number of ketones is 2. The van der Waals surface area contributed by atoms with E-state index in [1.54, 1.807) is 24.6 Å². The molecule has 0 saturated carbocycles. The van der Waals surface area contributed by atoms with Crippen LogP contribution in [-0.4, -0.2) is 96.7 Å². The third kappa shape index (κ3) is 14.7. The van der Waals surface area contributed by atoms with E-state index in [4.69, 9.17) is 0 Å². The van der Waals surface area contributed by atoms with Crippen LogP contribution in [0.15, 0.2) is 129 Å². The SMILES string of the molecule is CC1=C(CC(=O)NCCCNCCCNC2=CC(=O)C(NCCCNCCCNC(=O)CC3=C(C)/C(=C\c4ccc(S(C)=O)cc4)c4ccc(F)cc43)=CC2=O)c2cc(F)ccc2/C1=C/c1ccc(S(C)=O)cc1. The fourth-order valence-electron chi connectivity index (χ4n) is 9.10. The molecule has 2 amide bonds. The van der Waals surface area contributed by atoms with Gasteiger partial charge in [0.1, 0.15) is 11.6 Å². The molecule has 6 N–H and O–H groups in total. The van der Waals surface area contributed by atoms with Crippen LogP contribution in [0.3, 0.4) is 0 Å². The first-order chi connectivity index (χ1) is 35.7. The highest BCUT2D eigenvalue weighted by Gasteiger charge is 2.28. The number of nitrogens with one attached hydrogen (secondary N) is 6. The summed E-state index contributed by atoms with van der Waals surface area (Å²) < 4.78 is 52.4. The smallest absolute Gasteiger partial charge is 0.224 e. The third-order valence-electron chi connectivity index (χ3n) is 13.1. The highest BCUT2D eigenvalue weighted by Crippen LogP contribution is 2.45. The van der Waals surface area contributed by atoms with Crippen molar-refractivity contribution in [1.82, 2.24) is 31.9 Å². The molecule has 2 unspecified atom stereocenters. The zero-order valence-electron chi connectivity index (χ0n) is 42.3. The Kier molecular flexibility index (Phi) is 19.7. The predicted molar refractivity (Wildman–Crippen MR) is 293 cm³/mol. The minimum Gasteiger partial charge on any atom is -0.382 e. The molecule has 3 aliphatic rings. The van der Waals surface area contributed by atoms with E-state index >= 15 is 0 Å². The van der Waals surface area contributed by atoms with Crippen LogP contribution in [0.1, 0.15) is 85.8 Å².